The molecule has 0 aliphatic carbocycles. The molecular weight excluding hydrogens is 615 g/mol. The van der Waals surface area contributed by atoms with Crippen LogP contribution in [0.2, 0.25) is 0 Å². The van der Waals surface area contributed by atoms with Crippen LogP contribution < -0.4 is 9.88 Å². The number of hydrogen-bond donors (Lipinski definition) is 2. The molecule has 1 unspecified atom stereocenters. The van der Waals surface area contributed by atoms with Gasteiger partial charge in [0.15, 0.2) is 0 Å². The van der Waals surface area contributed by atoms with Crippen molar-refractivity contribution in [3.63, 3.8) is 0 Å². The van der Waals surface area contributed by atoms with Gasteiger partial charge in [-0.3, -0.25) is 9.59 Å². The Morgan fingerprint density at radius 1 is 0.870 bits per heavy atom. The summed E-state index contributed by atoms with van der Waals surface area (Å²) in [6.07, 6.45) is 6.70. The molecule has 2 amide bonds. The monoisotopic (exact) mass is 662 g/mol. The summed E-state index contributed by atoms with van der Waals surface area (Å²) in [5, 5.41) is 4.33. The second-order valence-corrected chi connectivity index (χ2v) is 14.5. The molecule has 0 bridgehead atoms. The minimum Gasteiger partial charge on any atom is -0.356 e. The van der Waals surface area contributed by atoms with Crippen molar-refractivity contribution in [3.8, 4) is 0 Å². The first kappa shape index (κ1) is 35.4. The summed E-state index contributed by atoms with van der Waals surface area (Å²) in [5.74, 6) is 0.667. The van der Waals surface area contributed by atoms with E-state index in [0.29, 0.717) is 41.1 Å². The number of thiol groups is 1. The van der Waals surface area contributed by atoms with Crippen molar-refractivity contribution in [2.75, 3.05) is 18.8 Å². The SMILES string of the molecule is CCCC(C)CCCCNC(=O)CCCN(C(=O)c1c2ccccc2[n+](CCCS)c2ccccc12)S(=O)(=O)c1ccc(C)cc1. The van der Waals surface area contributed by atoms with E-state index >= 15 is 0 Å². The van der Waals surface area contributed by atoms with E-state index in [0.717, 1.165) is 46.6 Å². The highest BCUT2D eigenvalue weighted by Crippen LogP contribution is 2.29. The van der Waals surface area contributed by atoms with Crippen LogP contribution in [-0.2, 0) is 21.4 Å². The molecule has 1 aromatic heterocycles. The van der Waals surface area contributed by atoms with Crippen molar-refractivity contribution in [1.82, 2.24) is 9.62 Å². The maximum absolute atomic E-state index is 14.6. The first-order valence-corrected chi connectivity index (χ1v) is 18.6. The van der Waals surface area contributed by atoms with Crippen LogP contribution in [0.3, 0.4) is 0 Å². The summed E-state index contributed by atoms with van der Waals surface area (Å²) in [6, 6.07) is 21.8. The van der Waals surface area contributed by atoms with Gasteiger partial charge in [-0.15, -0.1) is 0 Å². The van der Waals surface area contributed by atoms with Crippen LogP contribution in [0.4, 0.5) is 0 Å². The number of hydrogen-bond acceptors (Lipinski definition) is 5. The van der Waals surface area contributed by atoms with E-state index in [1.54, 1.807) is 12.1 Å². The number of carbonyl (C=O) groups is 2. The second-order valence-electron chi connectivity index (χ2n) is 12.2. The Balaban J connectivity index is 1.63. The number of nitrogens with zero attached hydrogens (tertiary/aromatic N) is 2. The summed E-state index contributed by atoms with van der Waals surface area (Å²) in [5.41, 5.74) is 2.95. The third-order valence-corrected chi connectivity index (χ3v) is 10.6. The number of rotatable bonds is 17. The van der Waals surface area contributed by atoms with Gasteiger partial charge in [0, 0.05) is 38.1 Å². The largest absolute Gasteiger partial charge is 0.356 e. The number of pyridine rings is 1. The number of para-hydroxylation sites is 2. The molecule has 7 nitrogen and oxygen atoms in total. The number of unbranched alkanes of at least 4 members (excludes halogenated alkanes) is 1. The number of fused-ring (bicyclic) bond motifs is 2. The molecule has 4 rings (SSSR count). The highest BCUT2D eigenvalue weighted by molar-refractivity contribution is 7.89. The van der Waals surface area contributed by atoms with E-state index in [9.17, 15) is 18.0 Å². The molecule has 3 aromatic carbocycles. The van der Waals surface area contributed by atoms with Gasteiger partial charge in [0.1, 0.15) is 6.54 Å². The van der Waals surface area contributed by atoms with Crippen molar-refractivity contribution in [1.29, 1.82) is 0 Å². The normalized spacial score (nSPS) is 12.3. The van der Waals surface area contributed by atoms with Gasteiger partial charge in [-0.05, 0) is 55.7 Å². The van der Waals surface area contributed by atoms with Gasteiger partial charge in [0.2, 0.25) is 16.9 Å². The molecule has 1 heterocycles. The predicted octanol–water partition coefficient (Wildman–Crippen LogP) is 7.24. The van der Waals surface area contributed by atoms with E-state index in [2.05, 4.69) is 36.4 Å². The molecule has 0 spiro atoms. The average molecular weight is 663 g/mol. The standard InChI is InChI=1S/C37H47N3O4S2/c1-4-13-28(2)14-9-10-24-38-35(41)19-11-26-40(46(43,44)30-22-20-29(3)21-23-30)37(42)36-31-15-5-7-17-33(31)39(25-12-27-45)34-18-8-6-16-32(34)36/h5-8,15-18,20-23,28H,4,9-14,19,24-27H2,1-3H3,(H-,38,41,45)/p+1. The number of aryl methyl sites for hydroxylation is 2. The fraction of sp³-hybridized carbons (Fsp3) is 0.432. The quantitative estimate of drug-likeness (QED) is 0.0540. The maximum Gasteiger partial charge on any atom is 0.269 e. The van der Waals surface area contributed by atoms with Crippen molar-refractivity contribution >= 4 is 56.3 Å². The van der Waals surface area contributed by atoms with Gasteiger partial charge in [0.05, 0.1) is 21.2 Å². The van der Waals surface area contributed by atoms with Gasteiger partial charge in [-0.25, -0.2) is 12.7 Å². The lowest BCUT2D eigenvalue weighted by molar-refractivity contribution is -0.645. The Kier molecular flexibility index (Phi) is 13.0. The summed E-state index contributed by atoms with van der Waals surface area (Å²) in [7, 11) is -4.23. The number of nitrogens with one attached hydrogen (secondary N) is 1. The molecule has 0 radical (unpaired) electrons. The fourth-order valence-corrected chi connectivity index (χ4v) is 7.62. The van der Waals surface area contributed by atoms with Crippen molar-refractivity contribution < 1.29 is 22.6 Å². The van der Waals surface area contributed by atoms with Gasteiger partial charge in [0.25, 0.3) is 15.9 Å². The maximum atomic E-state index is 14.6. The van der Waals surface area contributed by atoms with Gasteiger partial charge >= 0.3 is 0 Å². The average Bonchev–Trinajstić information content (AvgIpc) is 3.05. The van der Waals surface area contributed by atoms with E-state index in [1.807, 2.05) is 55.5 Å². The minimum absolute atomic E-state index is 0.0431. The molecule has 1 N–H and O–H groups in total. The van der Waals surface area contributed by atoms with Gasteiger partial charge in [-0.2, -0.15) is 17.2 Å². The van der Waals surface area contributed by atoms with E-state index in [1.165, 1.54) is 25.0 Å². The molecule has 1 atom stereocenters. The summed E-state index contributed by atoms with van der Waals surface area (Å²) in [6.45, 7) is 7.53. The van der Waals surface area contributed by atoms with Crippen LogP contribution in [-0.4, -0.2) is 43.4 Å². The first-order chi connectivity index (χ1) is 22.2. The summed E-state index contributed by atoms with van der Waals surface area (Å²) >= 11 is 4.41. The number of benzene rings is 3. The Hall–Kier alpha value is -3.43. The Morgan fingerprint density at radius 3 is 2.11 bits per heavy atom. The highest BCUT2D eigenvalue weighted by atomic mass is 32.2. The molecule has 0 aliphatic rings. The molecule has 9 heteroatoms. The zero-order valence-corrected chi connectivity index (χ0v) is 29.1. The van der Waals surface area contributed by atoms with Gasteiger partial charge in [-0.1, -0.05) is 81.5 Å². The molecule has 46 heavy (non-hydrogen) atoms. The first-order valence-electron chi connectivity index (χ1n) is 16.5. The minimum atomic E-state index is -4.23. The Labute approximate surface area is 279 Å². The number of sulfonamides is 1. The molecule has 4 aromatic rings. The van der Waals surface area contributed by atoms with Crippen molar-refractivity contribution in [2.45, 2.75) is 83.6 Å². The lowest BCUT2D eigenvalue weighted by atomic mass is 9.99. The Bertz CT molecular complexity index is 1680. The highest BCUT2D eigenvalue weighted by Gasteiger charge is 2.34. The Morgan fingerprint density at radius 2 is 1.50 bits per heavy atom. The lowest BCUT2D eigenvalue weighted by Crippen LogP contribution is -2.40. The second kappa shape index (κ2) is 16.9. The van der Waals surface area contributed by atoms with Crippen LogP contribution in [0.15, 0.2) is 77.7 Å². The van der Waals surface area contributed by atoms with E-state index in [-0.39, 0.29) is 30.2 Å². The number of amides is 2. The molecule has 0 saturated carbocycles. The lowest BCUT2D eigenvalue weighted by Gasteiger charge is -2.24. The summed E-state index contributed by atoms with van der Waals surface area (Å²) < 4.78 is 31.4. The molecule has 0 fully saturated rings. The third-order valence-electron chi connectivity index (χ3n) is 8.51. The topological polar surface area (TPSA) is 87.4 Å². The van der Waals surface area contributed by atoms with Crippen LogP contribution in [0.5, 0.6) is 0 Å². The van der Waals surface area contributed by atoms with Crippen LogP contribution in [0.1, 0.15) is 81.1 Å². The predicted molar refractivity (Wildman–Crippen MR) is 190 cm³/mol. The molecule has 0 aliphatic heterocycles. The van der Waals surface area contributed by atoms with Crippen molar-refractivity contribution in [2.24, 2.45) is 5.92 Å². The number of carbonyl (C=O) groups excluding carboxylic acids is 2. The van der Waals surface area contributed by atoms with E-state index < -0.39 is 15.9 Å². The van der Waals surface area contributed by atoms with Crippen LogP contribution in [0, 0.1) is 12.8 Å². The smallest absolute Gasteiger partial charge is 0.269 e. The third kappa shape index (κ3) is 8.68. The zero-order chi connectivity index (χ0) is 33.1. The van der Waals surface area contributed by atoms with Crippen molar-refractivity contribution in [3.05, 3.63) is 83.9 Å². The summed E-state index contributed by atoms with van der Waals surface area (Å²) in [4.78, 5) is 27.4. The van der Waals surface area contributed by atoms with Crippen LogP contribution >= 0.6 is 12.6 Å². The van der Waals surface area contributed by atoms with Crippen LogP contribution in [0.25, 0.3) is 21.8 Å². The molecule has 0 saturated heterocycles. The fourth-order valence-electron chi connectivity index (χ4n) is 6.06. The molecule has 246 valence electrons. The van der Waals surface area contributed by atoms with Gasteiger partial charge < -0.3 is 5.32 Å². The molecular formula is C37H48N3O4S2+. The van der Waals surface area contributed by atoms with E-state index in [4.69, 9.17) is 0 Å². The number of aromatic nitrogens is 1. The zero-order valence-electron chi connectivity index (χ0n) is 27.4.